The lowest BCUT2D eigenvalue weighted by Crippen LogP contribution is -2.33. The Morgan fingerprint density at radius 2 is 2.00 bits per heavy atom. The van der Waals surface area contributed by atoms with Gasteiger partial charge in [0.2, 0.25) is 10.0 Å². The molecule has 1 aliphatic rings. The monoisotopic (exact) mass is 311 g/mol. The van der Waals surface area contributed by atoms with Crippen molar-refractivity contribution in [2.24, 2.45) is 5.92 Å². The molecule has 1 aromatic rings. The van der Waals surface area contributed by atoms with Crippen molar-refractivity contribution in [3.8, 4) is 5.75 Å². The highest BCUT2D eigenvalue weighted by Crippen LogP contribution is 2.21. The van der Waals surface area contributed by atoms with E-state index in [0.29, 0.717) is 12.4 Å². The summed E-state index contributed by atoms with van der Waals surface area (Å²) in [5.74, 6) is -0.991. The number of carbonyl (C=O) groups is 1. The molecule has 7 heteroatoms. The highest BCUT2D eigenvalue weighted by atomic mass is 32.2. The number of nitrogens with one attached hydrogen (secondary N) is 1. The summed E-state index contributed by atoms with van der Waals surface area (Å²) in [6, 6.07) is 5.59. The standard InChI is InChI=1S/C14H17NO5S/c1-2-20-12-5-7-13(8-6-12)21(18,19)15-11-4-3-10(9-11)14(16)17/h3-8,10-11,15H,2,9H2,1H3,(H,16,17). The molecule has 21 heavy (non-hydrogen) atoms. The van der Waals surface area contributed by atoms with E-state index in [1.54, 1.807) is 18.2 Å². The quantitative estimate of drug-likeness (QED) is 0.775. The van der Waals surface area contributed by atoms with Gasteiger partial charge in [0.05, 0.1) is 17.4 Å². The summed E-state index contributed by atoms with van der Waals surface area (Å²) in [5.41, 5.74) is 0. The molecule has 2 N–H and O–H groups in total. The molecule has 6 nitrogen and oxygen atoms in total. The zero-order valence-corrected chi connectivity index (χ0v) is 12.3. The van der Waals surface area contributed by atoms with Crippen LogP contribution in [-0.2, 0) is 14.8 Å². The van der Waals surface area contributed by atoms with Gasteiger partial charge in [-0.3, -0.25) is 4.79 Å². The SMILES string of the molecule is CCOc1ccc(S(=O)(=O)NC2C=CC(C(=O)O)C2)cc1. The molecule has 2 rings (SSSR count). The zero-order chi connectivity index (χ0) is 15.5. The maximum absolute atomic E-state index is 12.2. The topological polar surface area (TPSA) is 92.7 Å². The molecule has 1 aliphatic carbocycles. The zero-order valence-electron chi connectivity index (χ0n) is 11.5. The first-order chi connectivity index (χ1) is 9.92. The Labute approximate surface area is 123 Å². The summed E-state index contributed by atoms with van der Waals surface area (Å²) in [7, 11) is -3.67. The Bertz CT molecular complexity index is 636. The van der Waals surface area contributed by atoms with Crippen LogP contribution in [0.3, 0.4) is 0 Å². The Hall–Kier alpha value is -1.86. The third-order valence-corrected chi connectivity index (χ3v) is 4.66. The lowest BCUT2D eigenvalue weighted by Gasteiger charge is -2.13. The van der Waals surface area contributed by atoms with Gasteiger partial charge in [-0.25, -0.2) is 13.1 Å². The van der Waals surface area contributed by atoms with Gasteiger partial charge in [-0.1, -0.05) is 12.2 Å². The van der Waals surface area contributed by atoms with Gasteiger partial charge in [0.15, 0.2) is 0 Å². The molecule has 2 unspecified atom stereocenters. The molecular weight excluding hydrogens is 294 g/mol. The van der Waals surface area contributed by atoms with E-state index in [1.807, 2.05) is 6.92 Å². The van der Waals surface area contributed by atoms with Gasteiger partial charge >= 0.3 is 5.97 Å². The second-order valence-corrected chi connectivity index (χ2v) is 6.41. The van der Waals surface area contributed by atoms with Crippen LogP contribution in [0, 0.1) is 5.92 Å². The minimum atomic E-state index is -3.67. The van der Waals surface area contributed by atoms with Crippen LogP contribution >= 0.6 is 0 Å². The van der Waals surface area contributed by atoms with E-state index in [0.717, 1.165) is 0 Å². The Kier molecular flexibility index (Phi) is 4.64. The van der Waals surface area contributed by atoms with Gasteiger partial charge in [0.1, 0.15) is 5.75 Å². The van der Waals surface area contributed by atoms with Gasteiger partial charge < -0.3 is 9.84 Å². The summed E-state index contributed by atoms with van der Waals surface area (Å²) >= 11 is 0. The number of hydrogen-bond donors (Lipinski definition) is 2. The van der Waals surface area contributed by atoms with Crippen LogP contribution in [0.4, 0.5) is 0 Å². The highest BCUT2D eigenvalue weighted by molar-refractivity contribution is 7.89. The number of ether oxygens (including phenoxy) is 1. The fourth-order valence-electron chi connectivity index (χ4n) is 2.12. The number of benzene rings is 1. The predicted octanol–water partition coefficient (Wildman–Crippen LogP) is 1.39. The van der Waals surface area contributed by atoms with Crippen LogP contribution in [-0.4, -0.2) is 32.1 Å². The molecule has 0 amide bonds. The second-order valence-electron chi connectivity index (χ2n) is 4.70. The normalized spacial score (nSPS) is 21.4. The maximum atomic E-state index is 12.2. The summed E-state index contributed by atoms with van der Waals surface area (Å²) < 4.78 is 32.1. The van der Waals surface area contributed by atoms with E-state index < -0.39 is 28.0 Å². The van der Waals surface area contributed by atoms with E-state index in [4.69, 9.17) is 9.84 Å². The Morgan fingerprint density at radius 3 is 2.52 bits per heavy atom. The largest absolute Gasteiger partial charge is 0.494 e. The number of rotatable bonds is 6. The van der Waals surface area contributed by atoms with E-state index in [1.165, 1.54) is 18.2 Å². The molecule has 0 spiro atoms. The first-order valence-corrected chi connectivity index (χ1v) is 8.07. The maximum Gasteiger partial charge on any atom is 0.310 e. The van der Waals surface area contributed by atoms with E-state index in [9.17, 15) is 13.2 Å². The smallest absolute Gasteiger partial charge is 0.310 e. The number of carboxylic acid groups (broad SMARTS) is 1. The molecule has 2 atom stereocenters. The average molecular weight is 311 g/mol. The Morgan fingerprint density at radius 1 is 1.33 bits per heavy atom. The molecule has 0 bridgehead atoms. The molecule has 0 heterocycles. The molecule has 0 radical (unpaired) electrons. The van der Waals surface area contributed by atoms with Crippen LogP contribution in [0.1, 0.15) is 13.3 Å². The first-order valence-electron chi connectivity index (χ1n) is 6.58. The molecule has 0 aromatic heterocycles. The summed E-state index contributed by atoms with van der Waals surface area (Å²) in [6.45, 7) is 2.35. The van der Waals surface area contributed by atoms with Crippen molar-refractivity contribution < 1.29 is 23.1 Å². The third kappa shape index (κ3) is 3.83. The molecular formula is C14H17NO5S. The van der Waals surface area contributed by atoms with Crippen molar-refractivity contribution in [2.75, 3.05) is 6.61 Å². The highest BCUT2D eigenvalue weighted by Gasteiger charge is 2.27. The van der Waals surface area contributed by atoms with Crippen LogP contribution in [0.15, 0.2) is 41.3 Å². The van der Waals surface area contributed by atoms with E-state index in [2.05, 4.69) is 4.72 Å². The van der Waals surface area contributed by atoms with Crippen molar-refractivity contribution in [1.29, 1.82) is 0 Å². The Balaban J connectivity index is 2.05. The van der Waals surface area contributed by atoms with Crippen molar-refractivity contribution >= 4 is 16.0 Å². The number of hydrogen-bond acceptors (Lipinski definition) is 4. The summed E-state index contributed by atoms with van der Waals surface area (Å²) in [5, 5.41) is 8.89. The number of aliphatic carboxylic acids is 1. The van der Waals surface area contributed by atoms with Crippen LogP contribution in [0.2, 0.25) is 0 Å². The molecule has 1 aromatic carbocycles. The van der Waals surface area contributed by atoms with Gasteiger partial charge in [-0.15, -0.1) is 0 Å². The average Bonchev–Trinajstić information content (AvgIpc) is 2.88. The summed E-state index contributed by atoms with van der Waals surface area (Å²) in [6.07, 6.45) is 3.31. The lowest BCUT2D eigenvalue weighted by molar-refractivity contribution is -0.140. The predicted molar refractivity (Wildman–Crippen MR) is 76.6 cm³/mol. The molecule has 0 saturated heterocycles. The molecule has 0 saturated carbocycles. The molecule has 0 fully saturated rings. The molecule has 0 aliphatic heterocycles. The minimum absolute atomic E-state index is 0.123. The van der Waals surface area contributed by atoms with Crippen molar-refractivity contribution in [1.82, 2.24) is 4.72 Å². The minimum Gasteiger partial charge on any atom is -0.494 e. The fourth-order valence-corrected chi connectivity index (χ4v) is 3.32. The van der Waals surface area contributed by atoms with E-state index in [-0.39, 0.29) is 11.3 Å². The van der Waals surface area contributed by atoms with Crippen LogP contribution in [0.5, 0.6) is 5.75 Å². The number of sulfonamides is 1. The second kappa shape index (κ2) is 6.28. The van der Waals surface area contributed by atoms with Crippen molar-refractivity contribution in [3.05, 3.63) is 36.4 Å². The van der Waals surface area contributed by atoms with Crippen molar-refractivity contribution in [2.45, 2.75) is 24.3 Å². The van der Waals surface area contributed by atoms with Crippen LogP contribution < -0.4 is 9.46 Å². The van der Waals surface area contributed by atoms with Crippen LogP contribution in [0.25, 0.3) is 0 Å². The summed E-state index contributed by atoms with van der Waals surface area (Å²) in [4.78, 5) is 11.0. The number of carboxylic acids is 1. The van der Waals surface area contributed by atoms with Gasteiger partial charge in [0, 0.05) is 6.04 Å². The van der Waals surface area contributed by atoms with E-state index >= 15 is 0 Å². The lowest BCUT2D eigenvalue weighted by atomic mass is 10.1. The first kappa shape index (κ1) is 15.5. The fraction of sp³-hybridized carbons (Fsp3) is 0.357. The van der Waals surface area contributed by atoms with Crippen molar-refractivity contribution in [3.63, 3.8) is 0 Å². The third-order valence-electron chi connectivity index (χ3n) is 3.15. The molecule has 114 valence electrons. The van der Waals surface area contributed by atoms with Gasteiger partial charge in [-0.05, 0) is 37.6 Å². The van der Waals surface area contributed by atoms with Gasteiger partial charge in [-0.2, -0.15) is 0 Å². The van der Waals surface area contributed by atoms with Gasteiger partial charge in [0.25, 0.3) is 0 Å².